The van der Waals surface area contributed by atoms with Gasteiger partial charge in [0.25, 0.3) is 0 Å². The monoisotopic (exact) mass is 292 g/mol. The van der Waals surface area contributed by atoms with Crippen molar-refractivity contribution in [2.24, 2.45) is 5.92 Å². The van der Waals surface area contributed by atoms with E-state index in [9.17, 15) is 4.79 Å². The van der Waals surface area contributed by atoms with Crippen LogP contribution in [0.5, 0.6) is 5.75 Å². The Bertz CT molecular complexity index is 623. The number of anilines is 1. The smallest absolute Gasteiger partial charge is 0.348 e. The van der Waals surface area contributed by atoms with Gasteiger partial charge in [0.15, 0.2) is 0 Å². The van der Waals surface area contributed by atoms with E-state index >= 15 is 0 Å². The summed E-state index contributed by atoms with van der Waals surface area (Å²) in [5, 5.41) is 9.10. The first-order valence-corrected chi connectivity index (χ1v) is 7.06. The maximum atomic E-state index is 11.1. The number of aromatic nitrogens is 1. The number of rotatable bonds is 5. The molecule has 2 aromatic rings. The summed E-state index contributed by atoms with van der Waals surface area (Å²) < 4.78 is 5.59. The van der Waals surface area contributed by atoms with Crippen LogP contribution in [0.15, 0.2) is 23.7 Å². The number of hydrogen-bond acceptors (Lipinski definition) is 5. The van der Waals surface area contributed by atoms with E-state index in [1.54, 1.807) is 18.2 Å². The Balaban J connectivity index is 2.29. The van der Waals surface area contributed by atoms with Gasteiger partial charge in [0.2, 0.25) is 0 Å². The van der Waals surface area contributed by atoms with Gasteiger partial charge in [-0.25, -0.2) is 9.78 Å². The first-order valence-electron chi connectivity index (χ1n) is 6.18. The zero-order chi connectivity index (χ0) is 14.7. The highest BCUT2D eigenvalue weighted by Crippen LogP contribution is 2.31. The van der Waals surface area contributed by atoms with Gasteiger partial charge in [0.1, 0.15) is 10.6 Å². The molecule has 20 heavy (non-hydrogen) atoms. The average molecular weight is 292 g/mol. The molecule has 5 nitrogen and oxygen atoms in total. The van der Waals surface area contributed by atoms with Crippen LogP contribution in [0.3, 0.4) is 0 Å². The largest absolute Gasteiger partial charge is 0.491 e. The Kier molecular flexibility index (Phi) is 4.24. The van der Waals surface area contributed by atoms with Crippen molar-refractivity contribution in [1.82, 2.24) is 4.98 Å². The van der Waals surface area contributed by atoms with Crippen molar-refractivity contribution >= 4 is 23.0 Å². The summed E-state index contributed by atoms with van der Waals surface area (Å²) in [6.07, 6.45) is 0. The zero-order valence-corrected chi connectivity index (χ0v) is 12.1. The maximum absolute atomic E-state index is 11.1. The molecule has 0 saturated heterocycles. The van der Waals surface area contributed by atoms with E-state index in [0.29, 0.717) is 35.2 Å². The molecule has 0 radical (unpaired) electrons. The van der Waals surface area contributed by atoms with Crippen LogP contribution in [0.1, 0.15) is 23.5 Å². The Labute approximate surface area is 121 Å². The fraction of sp³-hybridized carbons (Fsp3) is 0.286. The van der Waals surface area contributed by atoms with E-state index in [4.69, 9.17) is 15.6 Å². The molecule has 0 aliphatic rings. The maximum Gasteiger partial charge on any atom is 0.348 e. The fourth-order valence-corrected chi connectivity index (χ4v) is 2.33. The van der Waals surface area contributed by atoms with Gasteiger partial charge in [-0.05, 0) is 24.1 Å². The van der Waals surface area contributed by atoms with E-state index in [0.717, 1.165) is 11.3 Å². The van der Waals surface area contributed by atoms with Crippen LogP contribution in [-0.4, -0.2) is 22.7 Å². The summed E-state index contributed by atoms with van der Waals surface area (Å²) in [6.45, 7) is 4.69. The summed E-state index contributed by atoms with van der Waals surface area (Å²) in [5.74, 6) is 0.0296. The molecule has 106 valence electrons. The van der Waals surface area contributed by atoms with Crippen LogP contribution in [0.4, 0.5) is 5.69 Å². The highest BCUT2D eigenvalue weighted by molar-refractivity contribution is 7.12. The number of carboxylic acid groups (broad SMARTS) is 1. The quantitative estimate of drug-likeness (QED) is 0.827. The third-order valence-corrected chi connectivity index (χ3v) is 3.43. The van der Waals surface area contributed by atoms with Crippen LogP contribution >= 0.6 is 11.3 Å². The van der Waals surface area contributed by atoms with Crippen molar-refractivity contribution in [2.45, 2.75) is 13.8 Å². The van der Waals surface area contributed by atoms with Gasteiger partial charge in [0, 0.05) is 5.56 Å². The molecule has 0 fully saturated rings. The first-order chi connectivity index (χ1) is 9.49. The van der Waals surface area contributed by atoms with Crippen molar-refractivity contribution in [1.29, 1.82) is 0 Å². The SMILES string of the molecule is CC(C)COc1ccc(-c2ncsc2C(=O)O)cc1N. The second-order valence-electron chi connectivity index (χ2n) is 4.79. The lowest BCUT2D eigenvalue weighted by molar-refractivity contribution is 0.0702. The lowest BCUT2D eigenvalue weighted by Gasteiger charge is -2.11. The van der Waals surface area contributed by atoms with Crippen LogP contribution in [0, 0.1) is 5.92 Å². The topological polar surface area (TPSA) is 85.4 Å². The van der Waals surface area contributed by atoms with Crippen LogP contribution in [0.25, 0.3) is 11.3 Å². The predicted molar refractivity (Wildman–Crippen MR) is 79.3 cm³/mol. The van der Waals surface area contributed by atoms with Gasteiger partial charge in [-0.3, -0.25) is 0 Å². The van der Waals surface area contributed by atoms with Crippen molar-refractivity contribution in [3.05, 3.63) is 28.6 Å². The minimum absolute atomic E-state index is 0.209. The van der Waals surface area contributed by atoms with E-state index in [1.165, 1.54) is 5.51 Å². The third kappa shape index (κ3) is 3.08. The molecule has 0 aliphatic heterocycles. The second kappa shape index (κ2) is 5.92. The van der Waals surface area contributed by atoms with Gasteiger partial charge in [-0.2, -0.15) is 0 Å². The van der Waals surface area contributed by atoms with E-state index in [-0.39, 0.29) is 4.88 Å². The van der Waals surface area contributed by atoms with Gasteiger partial charge in [0.05, 0.1) is 23.5 Å². The Morgan fingerprint density at radius 3 is 2.85 bits per heavy atom. The van der Waals surface area contributed by atoms with E-state index < -0.39 is 5.97 Å². The molecule has 1 aromatic carbocycles. The van der Waals surface area contributed by atoms with Gasteiger partial charge < -0.3 is 15.6 Å². The number of hydrogen-bond donors (Lipinski definition) is 2. The number of ether oxygens (including phenoxy) is 1. The van der Waals surface area contributed by atoms with Crippen LogP contribution in [0.2, 0.25) is 0 Å². The molecule has 1 heterocycles. The summed E-state index contributed by atoms with van der Waals surface area (Å²) >= 11 is 1.09. The van der Waals surface area contributed by atoms with Crippen molar-refractivity contribution in [3.63, 3.8) is 0 Å². The number of carbonyl (C=O) groups is 1. The van der Waals surface area contributed by atoms with Crippen LogP contribution in [-0.2, 0) is 0 Å². The minimum atomic E-state index is -0.985. The van der Waals surface area contributed by atoms with Gasteiger partial charge in [-0.1, -0.05) is 13.8 Å². The van der Waals surface area contributed by atoms with Crippen molar-refractivity contribution < 1.29 is 14.6 Å². The standard InChI is InChI=1S/C14H16N2O3S/c1-8(2)6-19-11-4-3-9(5-10(11)15)12-13(14(17)18)20-7-16-12/h3-5,7-8H,6,15H2,1-2H3,(H,17,18). The second-order valence-corrected chi connectivity index (χ2v) is 5.65. The summed E-state index contributed by atoms with van der Waals surface area (Å²) in [7, 11) is 0. The lowest BCUT2D eigenvalue weighted by Crippen LogP contribution is -2.06. The molecule has 3 N–H and O–H groups in total. The zero-order valence-electron chi connectivity index (χ0n) is 11.3. The van der Waals surface area contributed by atoms with Gasteiger partial charge >= 0.3 is 5.97 Å². The van der Waals surface area contributed by atoms with E-state index in [1.807, 2.05) is 0 Å². The minimum Gasteiger partial charge on any atom is -0.491 e. The summed E-state index contributed by atoms with van der Waals surface area (Å²) in [5.41, 5.74) is 9.05. The highest BCUT2D eigenvalue weighted by atomic mass is 32.1. The molecule has 1 aromatic heterocycles. The average Bonchev–Trinajstić information content (AvgIpc) is 2.86. The number of nitrogens with zero attached hydrogens (tertiary/aromatic N) is 1. The molecule has 0 amide bonds. The Morgan fingerprint density at radius 2 is 2.25 bits per heavy atom. The van der Waals surface area contributed by atoms with Gasteiger partial charge in [-0.15, -0.1) is 11.3 Å². The van der Waals surface area contributed by atoms with Crippen molar-refractivity contribution in [3.8, 4) is 17.0 Å². The molecule has 0 spiro atoms. The first kappa shape index (κ1) is 14.3. The molecular weight excluding hydrogens is 276 g/mol. The molecule has 0 atom stereocenters. The molecule has 2 rings (SSSR count). The molecule has 0 saturated carbocycles. The Morgan fingerprint density at radius 1 is 1.50 bits per heavy atom. The molecule has 0 unspecified atom stereocenters. The Hall–Kier alpha value is -2.08. The number of nitrogen functional groups attached to an aromatic ring is 1. The molecule has 0 bridgehead atoms. The molecule has 0 aliphatic carbocycles. The number of benzene rings is 1. The molecular formula is C14H16N2O3S. The van der Waals surface area contributed by atoms with Crippen molar-refractivity contribution in [2.75, 3.05) is 12.3 Å². The predicted octanol–water partition coefficient (Wildman–Crippen LogP) is 3.13. The van der Waals surface area contributed by atoms with E-state index in [2.05, 4.69) is 18.8 Å². The number of thiazole rings is 1. The normalized spacial score (nSPS) is 10.8. The number of aromatic carboxylic acids is 1. The number of nitrogens with two attached hydrogens (primary N) is 1. The molecule has 6 heteroatoms. The lowest BCUT2D eigenvalue weighted by atomic mass is 10.1. The fourth-order valence-electron chi connectivity index (χ4n) is 1.69. The summed E-state index contributed by atoms with van der Waals surface area (Å²) in [6, 6.07) is 5.21. The van der Waals surface area contributed by atoms with Crippen LogP contribution < -0.4 is 10.5 Å². The third-order valence-electron chi connectivity index (χ3n) is 2.62. The number of carboxylic acids is 1. The highest BCUT2D eigenvalue weighted by Gasteiger charge is 2.16. The summed E-state index contributed by atoms with van der Waals surface area (Å²) in [4.78, 5) is 15.4.